The summed E-state index contributed by atoms with van der Waals surface area (Å²) >= 11 is 0. The van der Waals surface area contributed by atoms with Gasteiger partial charge >= 0.3 is 0 Å². The Labute approximate surface area is 118 Å². The standard InChI is InChI=1S/C17H17NO2/c1-20-14-9-7-13(8-10-14)18-17(19)16-11-15(16)12-5-3-2-4-6-12/h2-10,15-16H,11H2,1H3,(H,18,19)/t15-,16-/m1/s1. The van der Waals surface area contributed by atoms with Crippen molar-refractivity contribution in [2.45, 2.75) is 12.3 Å². The van der Waals surface area contributed by atoms with Gasteiger partial charge in [0.25, 0.3) is 0 Å². The Morgan fingerprint density at radius 3 is 2.45 bits per heavy atom. The lowest BCUT2D eigenvalue weighted by Crippen LogP contribution is -2.14. The van der Waals surface area contributed by atoms with E-state index in [1.165, 1.54) is 5.56 Å². The molecule has 1 fully saturated rings. The molecule has 0 bridgehead atoms. The topological polar surface area (TPSA) is 38.3 Å². The Hall–Kier alpha value is -2.29. The zero-order valence-electron chi connectivity index (χ0n) is 11.4. The lowest BCUT2D eigenvalue weighted by atomic mass is 10.1. The molecule has 2 atom stereocenters. The van der Waals surface area contributed by atoms with Crippen LogP contribution in [0.5, 0.6) is 5.75 Å². The van der Waals surface area contributed by atoms with E-state index in [1.54, 1.807) is 7.11 Å². The molecule has 0 unspecified atom stereocenters. The number of benzene rings is 2. The summed E-state index contributed by atoms with van der Waals surface area (Å²) in [6.07, 6.45) is 0.937. The molecule has 3 nitrogen and oxygen atoms in total. The second kappa shape index (κ2) is 5.37. The molecule has 0 aromatic heterocycles. The number of carbonyl (C=O) groups excluding carboxylic acids is 1. The number of rotatable bonds is 4. The minimum absolute atomic E-state index is 0.0968. The fraction of sp³-hybridized carbons (Fsp3) is 0.235. The number of amides is 1. The van der Waals surface area contributed by atoms with Crippen LogP contribution in [0.2, 0.25) is 0 Å². The molecule has 0 heterocycles. The van der Waals surface area contributed by atoms with E-state index in [1.807, 2.05) is 42.5 Å². The van der Waals surface area contributed by atoms with E-state index in [4.69, 9.17) is 4.74 Å². The lowest BCUT2D eigenvalue weighted by molar-refractivity contribution is -0.117. The van der Waals surface area contributed by atoms with Crippen molar-refractivity contribution in [3.63, 3.8) is 0 Å². The number of hydrogen-bond donors (Lipinski definition) is 1. The van der Waals surface area contributed by atoms with Gasteiger partial charge in [-0.25, -0.2) is 0 Å². The van der Waals surface area contributed by atoms with Crippen LogP contribution in [0.1, 0.15) is 17.9 Å². The molecule has 3 rings (SSSR count). The van der Waals surface area contributed by atoms with Crippen molar-refractivity contribution in [1.29, 1.82) is 0 Å². The Balaban J connectivity index is 1.61. The monoisotopic (exact) mass is 267 g/mol. The fourth-order valence-corrected chi connectivity index (χ4v) is 2.46. The molecule has 2 aromatic rings. The van der Waals surface area contributed by atoms with E-state index in [0.29, 0.717) is 5.92 Å². The number of carbonyl (C=O) groups is 1. The summed E-state index contributed by atoms with van der Waals surface area (Å²) in [7, 11) is 1.63. The Bertz CT molecular complexity index is 592. The lowest BCUT2D eigenvalue weighted by Gasteiger charge is -2.06. The highest BCUT2D eigenvalue weighted by atomic mass is 16.5. The summed E-state index contributed by atoms with van der Waals surface area (Å²) in [5, 5.41) is 2.96. The molecule has 0 saturated heterocycles. The first-order valence-electron chi connectivity index (χ1n) is 6.78. The molecular formula is C17H17NO2. The van der Waals surface area contributed by atoms with Crippen LogP contribution in [0.3, 0.4) is 0 Å². The predicted molar refractivity (Wildman–Crippen MR) is 78.9 cm³/mol. The first-order valence-corrected chi connectivity index (χ1v) is 6.78. The summed E-state index contributed by atoms with van der Waals surface area (Å²) in [5.41, 5.74) is 2.07. The van der Waals surface area contributed by atoms with Crippen molar-refractivity contribution in [1.82, 2.24) is 0 Å². The van der Waals surface area contributed by atoms with Crippen molar-refractivity contribution >= 4 is 11.6 Å². The van der Waals surface area contributed by atoms with Gasteiger partial charge in [0.1, 0.15) is 5.75 Å². The van der Waals surface area contributed by atoms with E-state index in [9.17, 15) is 4.79 Å². The molecule has 3 heteroatoms. The van der Waals surface area contributed by atoms with Crippen LogP contribution in [0.4, 0.5) is 5.69 Å². The van der Waals surface area contributed by atoms with Crippen molar-refractivity contribution in [3.8, 4) is 5.75 Å². The van der Waals surface area contributed by atoms with Crippen LogP contribution in [0.25, 0.3) is 0 Å². The van der Waals surface area contributed by atoms with Crippen molar-refractivity contribution in [2.75, 3.05) is 12.4 Å². The third-order valence-corrected chi connectivity index (χ3v) is 3.71. The summed E-state index contributed by atoms with van der Waals surface area (Å²) in [6, 6.07) is 17.6. The number of hydrogen-bond acceptors (Lipinski definition) is 2. The molecular weight excluding hydrogens is 250 g/mol. The van der Waals surface area contributed by atoms with Crippen LogP contribution in [-0.2, 0) is 4.79 Å². The average molecular weight is 267 g/mol. The normalized spacial score (nSPS) is 20.2. The zero-order valence-corrected chi connectivity index (χ0v) is 11.4. The molecule has 0 aliphatic heterocycles. The zero-order chi connectivity index (χ0) is 13.9. The van der Waals surface area contributed by atoms with Crippen LogP contribution >= 0.6 is 0 Å². The predicted octanol–water partition coefficient (Wildman–Crippen LogP) is 3.44. The maximum atomic E-state index is 12.2. The summed E-state index contributed by atoms with van der Waals surface area (Å²) < 4.78 is 5.10. The highest BCUT2D eigenvalue weighted by Crippen LogP contribution is 2.47. The maximum absolute atomic E-state index is 12.2. The highest BCUT2D eigenvalue weighted by Gasteiger charge is 2.43. The molecule has 0 radical (unpaired) electrons. The summed E-state index contributed by atoms with van der Waals surface area (Å²) in [6.45, 7) is 0. The van der Waals surface area contributed by atoms with Gasteiger partial charge < -0.3 is 10.1 Å². The van der Waals surface area contributed by atoms with Crippen LogP contribution in [-0.4, -0.2) is 13.0 Å². The molecule has 1 aliphatic carbocycles. The summed E-state index contributed by atoms with van der Waals surface area (Å²) in [5.74, 6) is 1.36. The molecule has 0 spiro atoms. The van der Waals surface area contributed by atoms with E-state index in [0.717, 1.165) is 17.9 Å². The minimum atomic E-state index is 0.0968. The number of methoxy groups -OCH3 is 1. The number of anilines is 1. The Morgan fingerprint density at radius 2 is 1.80 bits per heavy atom. The SMILES string of the molecule is COc1ccc(NC(=O)[C@@H]2C[C@@H]2c2ccccc2)cc1. The van der Waals surface area contributed by atoms with Gasteiger partial charge in [0.15, 0.2) is 0 Å². The number of nitrogens with one attached hydrogen (secondary N) is 1. The smallest absolute Gasteiger partial charge is 0.228 e. The van der Waals surface area contributed by atoms with Gasteiger partial charge in [0.05, 0.1) is 7.11 Å². The van der Waals surface area contributed by atoms with Crippen molar-refractivity contribution < 1.29 is 9.53 Å². The molecule has 1 saturated carbocycles. The average Bonchev–Trinajstić information content (AvgIpc) is 3.29. The molecule has 1 amide bonds. The highest BCUT2D eigenvalue weighted by molar-refractivity contribution is 5.95. The quantitative estimate of drug-likeness (QED) is 0.921. The van der Waals surface area contributed by atoms with Gasteiger partial charge in [0.2, 0.25) is 5.91 Å². The van der Waals surface area contributed by atoms with Gasteiger partial charge in [-0.05, 0) is 42.2 Å². The second-order valence-corrected chi connectivity index (χ2v) is 5.08. The van der Waals surface area contributed by atoms with Gasteiger partial charge in [-0.1, -0.05) is 30.3 Å². The molecule has 102 valence electrons. The molecule has 1 N–H and O–H groups in total. The molecule has 20 heavy (non-hydrogen) atoms. The second-order valence-electron chi connectivity index (χ2n) is 5.08. The van der Waals surface area contributed by atoms with E-state index in [-0.39, 0.29) is 11.8 Å². The van der Waals surface area contributed by atoms with Gasteiger partial charge in [-0.3, -0.25) is 4.79 Å². The summed E-state index contributed by atoms with van der Waals surface area (Å²) in [4.78, 5) is 12.2. The van der Waals surface area contributed by atoms with Crippen LogP contribution in [0.15, 0.2) is 54.6 Å². The Morgan fingerprint density at radius 1 is 1.10 bits per heavy atom. The maximum Gasteiger partial charge on any atom is 0.228 e. The van der Waals surface area contributed by atoms with Crippen LogP contribution in [0, 0.1) is 5.92 Å². The first-order chi connectivity index (χ1) is 9.78. The third kappa shape index (κ3) is 2.67. The third-order valence-electron chi connectivity index (χ3n) is 3.71. The van der Waals surface area contributed by atoms with Gasteiger partial charge in [-0.15, -0.1) is 0 Å². The minimum Gasteiger partial charge on any atom is -0.497 e. The number of ether oxygens (including phenoxy) is 1. The van der Waals surface area contributed by atoms with Gasteiger partial charge in [0, 0.05) is 11.6 Å². The van der Waals surface area contributed by atoms with Gasteiger partial charge in [-0.2, -0.15) is 0 Å². The first kappa shape index (κ1) is 12.7. The largest absolute Gasteiger partial charge is 0.497 e. The Kier molecular flexibility index (Phi) is 3.42. The van der Waals surface area contributed by atoms with Crippen LogP contribution < -0.4 is 10.1 Å². The van der Waals surface area contributed by atoms with E-state index >= 15 is 0 Å². The van der Waals surface area contributed by atoms with Crippen molar-refractivity contribution in [2.24, 2.45) is 5.92 Å². The fourth-order valence-electron chi connectivity index (χ4n) is 2.46. The van der Waals surface area contributed by atoms with Crippen molar-refractivity contribution in [3.05, 3.63) is 60.2 Å². The van der Waals surface area contributed by atoms with E-state index in [2.05, 4.69) is 17.4 Å². The molecule has 1 aliphatic rings. The molecule has 2 aromatic carbocycles. The van der Waals surface area contributed by atoms with E-state index < -0.39 is 0 Å².